The van der Waals surface area contributed by atoms with Crippen LogP contribution in [0.2, 0.25) is 0 Å². The molecule has 2 aromatic carbocycles. The SMILES string of the molecule is CCn1cc2ncc(N[C@@H](C)c3cccc(NC(=O)c4ccc(N5CCCC5)c(F)c4)c3)nc2n1. The number of fused-ring (bicyclic) bond motifs is 1. The molecule has 8 nitrogen and oxygen atoms in total. The van der Waals surface area contributed by atoms with Crippen LogP contribution in [0.4, 0.5) is 21.6 Å². The molecule has 1 atom stereocenters. The van der Waals surface area contributed by atoms with Crippen molar-refractivity contribution in [3.05, 3.63) is 71.8 Å². The number of hydrogen-bond donors (Lipinski definition) is 2. The predicted molar refractivity (Wildman–Crippen MR) is 135 cm³/mol. The number of rotatable bonds is 7. The fourth-order valence-corrected chi connectivity index (χ4v) is 4.33. The molecule has 0 spiro atoms. The number of aromatic nitrogens is 4. The summed E-state index contributed by atoms with van der Waals surface area (Å²) in [6, 6.07) is 12.1. The van der Waals surface area contributed by atoms with E-state index in [4.69, 9.17) is 0 Å². The molecular formula is C26H28FN7O. The van der Waals surface area contributed by atoms with Gasteiger partial charge in [-0.05, 0) is 62.6 Å². The predicted octanol–water partition coefficient (Wildman–Crippen LogP) is 5.01. The molecule has 35 heavy (non-hydrogen) atoms. The normalized spacial score (nSPS) is 14.3. The van der Waals surface area contributed by atoms with Gasteiger partial charge in [-0.25, -0.2) is 14.4 Å². The van der Waals surface area contributed by atoms with Crippen LogP contribution in [-0.4, -0.2) is 38.7 Å². The molecule has 1 amide bonds. The Bertz CT molecular complexity index is 1360. The lowest BCUT2D eigenvalue weighted by Crippen LogP contribution is -2.20. The van der Waals surface area contributed by atoms with E-state index in [2.05, 4.69) is 25.7 Å². The zero-order chi connectivity index (χ0) is 24.4. The zero-order valence-corrected chi connectivity index (χ0v) is 19.8. The summed E-state index contributed by atoms with van der Waals surface area (Å²) in [6.45, 7) is 6.47. The van der Waals surface area contributed by atoms with Crippen LogP contribution in [0.1, 0.15) is 48.7 Å². The average molecular weight is 474 g/mol. The van der Waals surface area contributed by atoms with E-state index < -0.39 is 0 Å². The highest BCUT2D eigenvalue weighted by Gasteiger charge is 2.18. The molecular weight excluding hydrogens is 445 g/mol. The number of benzene rings is 2. The van der Waals surface area contributed by atoms with E-state index in [0.29, 0.717) is 22.8 Å². The third-order valence-corrected chi connectivity index (χ3v) is 6.27. The topological polar surface area (TPSA) is 88.0 Å². The van der Waals surface area contributed by atoms with Crippen LogP contribution in [0.15, 0.2) is 54.9 Å². The molecule has 1 aliphatic heterocycles. The van der Waals surface area contributed by atoms with E-state index in [1.807, 2.05) is 49.2 Å². The van der Waals surface area contributed by atoms with Crippen LogP contribution in [0.5, 0.6) is 0 Å². The minimum Gasteiger partial charge on any atom is -0.369 e. The summed E-state index contributed by atoms with van der Waals surface area (Å²) in [7, 11) is 0. The number of nitrogens with one attached hydrogen (secondary N) is 2. The number of anilines is 3. The van der Waals surface area contributed by atoms with Crippen molar-refractivity contribution in [2.24, 2.45) is 0 Å². The molecule has 9 heteroatoms. The van der Waals surface area contributed by atoms with Crippen molar-refractivity contribution in [2.45, 2.75) is 39.3 Å². The van der Waals surface area contributed by atoms with Gasteiger partial charge in [0.2, 0.25) is 5.65 Å². The molecule has 0 aliphatic carbocycles. The number of carbonyl (C=O) groups excluding carboxylic acids is 1. The summed E-state index contributed by atoms with van der Waals surface area (Å²) in [5, 5.41) is 10.6. The third kappa shape index (κ3) is 4.94. The lowest BCUT2D eigenvalue weighted by atomic mass is 10.1. The molecule has 1 fully saturated rings. The second kappa shape index (κ2) is 9.69. The van der Waals surface area contributed by atoms with Gasteiger partial charge in [-0.3, -0.25) is 9.48 Å². The van der Waals surface area contributed by atoms with Crippen LogP contribution in [-0.2, 0) is 6.54 Å². The number of carbonyl (C=O) groups is 1. The highest BCUT2D eigenvalue weighted by atomic mass is 19.1. The second-order valence-electron chi connectivity index (χ2n) is 8.75. The minimum absolute atomic E-state index is 0.0935. The van der Waals surface area contributed by atoms with Gasteiger partial charge in [0.15, 0.2) is 0 Å². The minimum atomic E-state index is -0.368. The van der Waals surface area contributed by atoms with Gasteiger partial charge in [-0.1, -0.05) is 12.1 Å². The van der Waals surface area contributed by atoms with Crippen molar-refractivity contribution in [1.82, 2.24) is 19.7 Å². The van der Waals surface area contributed by atoms with Crippen molar-refractivity contribution in [3.63, 3.8) is 0 Å². The molecule has 2 N–H and O–H groups in total. The lowest BCUT2D eigenvalue weighted by Gasteiger charge is -2.19. The van der Waals surface area contributed by atoms with Crippen molar-refractivity contribution >= 4 is 34.3 Å². The molecule has 3 heterocycles. The van der Waals surface area contributed by atoms with Gasteiger partial charge in [0.25, 0.3) is 5.91 Å². The van der Waals surface area contributed by atoms with Gasteiger partial charge in [-0.2, -0.15) is 5.10 Å². The number of hydrogen-bond acceptors (Lipinski definition) is 6. The van der Waals surface area contributed by atoms with Gasteiger partial charge < -0.3 is 15.5 Å². The van der Waals surface area contributed by atoms with Crippen LogP contribution in [0.25, 0.3) is 11.2 Å². The summed E-state index contributed by atoms with van der Waals surface area (Å²) in [5.41, 5.74) is 3.78. The fraction of sp³-hybridized carbons (Fsp3) is 0.308. The average Bonchev–Trinajstić information content (AvgIpc) is 3.54. The van der Waals surface area contributed by atoms with Gasteiger partial charge in [0.1, 0.15) is 17.2 Å². The standard InChI is InChI=1S/C26H28FN7O/c1-3-34-16-22-25(32-34)31-24(15-28-22)29-17(2)18-7-6-8-20(13-18)30-26(35)19-9-10-23(21(27)14-19)33-11-4-5-12-33/h6-10,13-17H,3-5,11-12H2,1-2H3,(H,30,35)(H,29,31,32)/t17-/m0/s1. The van der Waals surface area contributed by atoms with E-state index in [-0.39, 0.29) is 23.3 Å². The highest BCUT2D eigenvalue weighted by Crippen LogP contribution is 2.26. The number of aryl methyl sites for hydroxylation is 1. The molecule has 1 aliphatic rings. The first-order valence-electron chi connectivity index (χ1n) is 11.9. The summed E-state index contributed by atoms with van der Waals surface area (Å²) in [6.07, 6.45) is 5.69. The first-order valence-corrected chi connectivity index (χ1v) is 11.9. The Morgan fingerprint density at radius 2 is 2.00 bits per heavy atom. The monoisotopic (exact) mass is 473 g/mol. The van der Waals surface area contributed by atoms with Crippen molar-refractivity contribution < 1.29 is 9.18 Å². The number of amides is 1. The molecule has 0 radical (unpaired) electrons. The Balaban J connectivity index is 1.27. The van der Waals surface area contributed by atoms with E-state index in [9.17, 15) is 9.18 Å². The summed E-state index contributed by atoms with van der Waals surface area (Å²) >= 11 is 0. The first-order chi connectivity index (χ1) is 17.0. The Kier molecular flexibility index (Phi) is 6.31. The van der Waals surface area contributed by atoms with E-state index >= 15 is 0 Å². The number of halogens is 1. The molecule has 5 rings (SSSR count). The van der Waals surface area contributed by atoms with Crippen molar-refractivity contribution in [3.8, 4) is 0 Å². The van der Waals surface area contributed by atoms with Crippen molar-refractivity contribution in [2.75, 3.05) is 28.6 Å². The smallest absolute Gasteiger partial charge is 0.255 e. The van der Waals surface area contributed by atoms with Gasteiger partial charge >= 0.3 is 0 Å². The molecule has 0 unspecified atom stereocenters. The highest BCUT2D eigenvalue weighted by molar-refractivity contribution is 6.04. The summed E-state index contributed by atoms with van der Waals surface area (Å²) < 4.78 is 16.5. The van der Waals surface area contributed by atoms with Crippen LogP contribution < -0.4 is 15.5 Å². The summed E-state index contributed by atoms with van der Waals surface area (Å²) in [4.78, 5) is 23.8. The zero-order valence-electron chi connectivity index (χ0n) is 19.8. The maximum Gasteiger partial charge on any atom is 0.255 e. The third-order valence-electron chi connectivity index (χ3n) is 6.27. The largest absolute Gasteiger partial charge is 0.369 e. The second-order valence-corrected chi connectivity index (χ2v) is 8.75. The Labute approximate surface area is 203 Å². The van der Waals surface area contributed by atoms with Crippen LogP contribution >= 0.6 is 0 Å². The molecule has 1 saturated heterocycles. The molecule has 0 saturated carbocycles. The molecule has 180 valence electrons. The Morgan fingerprint density at radius 3 is 2.77 bits per heavy atom. The van der Waals surface area contributed by atoms with Crippen LogP contribution in [0.3, 0.4) is 0 Å². The van der Waals surface area contributed by atoms with Crippen LogP contribution in [0, 0.1) is 5.82 Å². The Hall–Kier alpha value is -4.01. The molecule has 2 aromatic heterocycles. The lowest BCUT2D eigenvalue weighted by molar-refractivity contribution is 0.102. The maximum absolute atomic E-state index is 14.7. The fourth-order valence-electron chi connectivity index (χ4n) is 4.33. The maximum atomic E-state index is 14.7. The Morgan fingerprint density at radius 1 is 1.17 bits per heavy atom. The molecule has 4 aromatic rings. The quantitative estimate of drug-likeness (QED) is 0.392. The van der Waals surface area contributed by atoms with E-state index in [1.165, 1.54) is 6.07 Å². The van der Waals surface area contributed by atoms with Gasteiger partial charge in [-0.15, -0.1) is 0 Å². The number of nitrogens with zero attached hydrogens (tertiary/aromatic N) is 5. The van der Waals surface area contributed by atoms with Crippen molar-refractivity contribution in [1.29, 1.82) is 0 Å². The molecule has 0 bridgehead atoms. The first kappa shape index (κ1) is 22.8. The summed E-state index contributed by atoms with van der Waals surface area (Å²) in [5.74, 6) is -0.0974. The van der Waals surface area contributed by atoms with Gasteiger partial charge in [0, 0.05) is 30.9 Å². The van der Waals surface area contributed by atoms with Gasteiger partial charge in [0.05, 0.1) is 24.1 Å². The van der Waals surface area contributed by atoms with E-state index in [1.54, 1.807) is 23.0 Å². The van der Waals surface area contributed by atoms with E-state index in [0.717, 1.165) is 43.6 Å².